The van der Waals surface area contributed by atoms with Gasteiger partial charge in [-0.3, -0.25) is 0 Å². The molecule has 0 spiro atoms. The summed E-state index contributed by atoms with van der Waals surface area (Å²) in [6, 6.07) is 13.1. The molecule has 1 aliphatic heterocycles. The minimum Gasteiger partial charge on any atom is -0.508 e. The van der Waals surface area contributed by atoms with Crippen LogP contribution in [0.15, 0.2) is 54.7 Å². The maximum absolute atomic E-state index is 13.1. The van der Waals surface area contributed by atoms with E-state index in [0.29, 0.717) is 5.11 Å². The van der Waals surface area contributed by atoms with Crippen molar-refractivity contribution in [2.45, 2.75) is 6.04 Å². The molecule has 0 saturated heterocycles. The minimum atomic E-state index is -0.277. The molecule has 3 nitrogen and oxygen atoms in total. The number of hydrogen-bond donors (Lipinski definition) is 3. The van der Waals surface area contributed by atoms with Crippen molar-refractivity contribution in [1.82, 2.24) is 10.6 Å². The number of nitrogens with one attached hydrogen (secondary N) is 2. The Morgan fingerprint density at radius 3 is 2.57 bits per heavy atom. The quantitative estimate of drug-likeness (QED) is 0.746. The van der Waals surface area contributed by atoms with Gasteiger partial charge in [0, 0.05) is 11.8 Å². The normalized spacial score (nSPS) is 17.7. The fourth-order valence-electron chi connectivity index (χ4n) is 2.34. The largest absolute Gasteiger partial charge is 0.508 e. The zero-order valence-electron chi connectivity index (χ0n) is 11.0. The number of thiocarbonyl (C=S) groups is 1. The van der Waals surface area contributed by atoms with Gasteiger partial charge in [0.25, 0.3) is 0 Å². The summed E-state index contributed by atoms with van der Waals surface area (Å²) in [5.41, 5.74) is 2.69. The summed E-state index contributed by atoms with van der Waals surface area (Å²) in [6.07, 6.45) is 1.81. The molecule has 2 aromatic rings. The lowest BCUT2D eigenvalue weighted by Gasteiger charge is -2.28. The molecule has 3 rings (SSSR count). The van der Waals surface area contributed by atoms with Gasteiger partial charge < -0.3 is 15.7 Å². The maximum atomic E-state index is 13.1. The summed E-state index contributed by atoms with van der Waals surface area (Å²) >= 11 is 5.15. The lowest BCUT2D eigenvalue weighted by Crippen LogP contribution is -2.40. The van der Waals surface area contributed by atoms with Crippen LogP contribution in [-0.2, 0) is 0 Å². The molecule has 0 aliphatic carbocycles. The number of benzene rings is 2. The molecule has 2 aromatic carbocycles. The summed E-state index contributed by atoms with van der Waals surface area (Å²) in [5, 5.41) is 16.3. The molecular weight excluding hydrogens is 287 g/mol. The van der Waals surface area contributed by atoms with E-state index in [4.69, 9.17) is 12.2 Å². The van der Waals surface area contributed by atoms with Crippen LogP contribution >= 0.6 is 12.2 Å². The SMILES string of the molecule is Oc1cccc(C2NC(=S)NC=C2c2ccc(F)cc2)c1. The first kappa shape index (κ1) is 13.6. The van der Waals surface area contributed by atoms with Gasteiger partial charge in [-0.15, -0.1) is 0 Å². The molecule has 3 N–H and O–H groups in total. The lowest BCUT2D eigenvalue weighted by molar-refractivity contribution is 0.474. The van der Waals surface area contributed by atoms with Gasteiger partial charge in [-0.25, -0.2) is 4.39 Å². The van der Waals surface area contributed by atoms with E-state index in [-0.39, 0.29) is 17.6 Å². The van der Waals surface area contributed by atoms with Crippen molar-refractivity contribution in [2.24, 2.45) is 0 Å². The van der Waals surface area contributed by atoms with Crippen LogP contribution in [0.25, 0.3) is 5.57 Å². The Morgan fingerprint density at radius 1 is 1.10 bits per heavy atom. The molecule has 0 saturated carbocycles. The van der Waals surface area contributed by atoms with Crippen molar-refractivity contribution in [3.05, 3.63) is 71.7 Å². The minimum absolute atomic E-state index is 0.192. The van der Waals surface area contributed by atoms with Gasteiger partial charge >= 0.3 is 0 Å². The second kappa shape index (κ2) is 5.54. The predicted molar refractivity (Wildman–Crippen MR) is 84.1 cm³/mol. The van der Waals surface area contributed by atoms with Crippen LogP contribution in [0.1, 0.15) is 17.2 Å². The molecule has 1 unspecified atom stereocenters. The smallest absolute Gasteiger partial charge is 0.171 e. The van der Waals surface area contributed by atoms with E-state index >= 15 is 0 Å². The Labute approximate surface area is 127 Å². The molecule has 0 bridgehead atoms. The third kappa shape index (κ3) is 2.87. The first-order valence-electron chi connectivity index (χ1n) is 6.45. The Bertz CT molecular complexity index is 712. The molecular formula is C16H13FN2OS. The first-order valence-corrected chi connectivity index (χ1v) is 6.86. The molecule has 0 amide bonds. The standard InChI is InChI=1S/C16H13FN2OS/c17-12-6-4-10(5-7-12)14-9-18-16(21)19-15(14)11-2-1-3-13(20)8-11/h1-9,15,20H,(H2,18,19,21). The third-order valence-corrected chi connectivity index (χ3v) is 3.56. The van der Waals surface area contributed by atoms with E-state index in [1.807, 2.05) is 6.07 Å². The highest BCUT2D eigenvalue weighted by atomic mass is 32.1. The number of rotatable bonds is 2. The highest BCUT2D eigenvalue weighted by molar-refractivity contribution is 7.80. The molecule has 0 radical (unpaired) electrons. The second-order valence-electron chi connectivity index (χ2n) is 4.75. The van der Waals surface area contributed by atoms with Gasteiger partial charge in [0.2, 0.25) is 0 Å². The van der Waals surface area contributed by atoms with Crippen LogP contribution in [0.2, 0.25) is 0 Å². The molecule has 0 aromatic heterocycles. The van der Waals surface area contributed by atoms with Crippen LogP contribution in [0.4, 0.5) is 4.39 Å². The van der Waals surface area contributed by atoms with E-state index < -0.39 is 0 Å². The highest BCUT2D eigenvalue weighted by Crippen LogP contribution is 2.32. The van der Waals surface area contributed by atoms with E-state index in [1.54, 1.807) is 36.5 Å². The Kier molecular flexibility index (Phi) is 3.58. The van der Waals surface area contributed by atoms with Crippen molar-refractivity contribution in [2.75, 3.05) is 0 Å². The van der Waals surface area contributed by atoms with E-state index in [2.05, 4.69) is 10.6 Å². The van der Waals surface area contributed by atoms with Crippen molar-refractivity contribution in [1.29, 1.82) is 0 Å². The second-order valence-corrected chi connectivity index (χ2v) is 5.16. The van der Waals surface area contributed by atoms with Gasteiger partial charge in [-0.2, -0.15) is 0 Å². The Balaban J connectivity index is 2.03. The van der Waals surface area contributed by atoms with Gasteiger partial charge in [0.15, 0.2) is 5.11 Å². The topological polar surface area (TPSA) is 44.3 Å². The van der Waals surface area contributed by atoms with Crippen LogP contribution < -0.4 is 10.6 Å². The molecule has 1 atom stereocenters. The van der Waals surface area contributed by atoms with Gasteiger partial charge in [0.05, 0.1) is 6.04 Å². The molecule has 1 heterocycles. The molecule has 1 aliphatic rings. The number of phenols is 1. The lowest BCUT2D eigenvalue weighted by atomic mass is 9.92. The summed E-state index contributed by atoms with van der Waals surface area (Å²) in [5.74, 6) is -0.0855. The van der Waals surface area contributed by atoms with E-state index in [0.717, 1.165) is 16.7 Å². The van der Waals surface area contributed by atoms with Crippen molar-refractivity contribution >= 4 is 22.9 Å². The number of halogens is 1. The fraction of sp³-hybridized carbons (Fsp3) is 0.0625. The summed E-state index contributed by atoms with van der Waals surface area (Å²) in [4.78, 5) is 0. The van der Waals surface area contributed by atoms with Gasteiger partial charge in [-0.05, 0) is 47.6 Å². The third-order valence-electron chi connectivity index (χ3n) is 3.33. The number of phenolic OH excluding ortho intramolecular Hbond substituents is 1. The highest BCUT2D eigenvalue weighted by Gasteiger charge is 2.23. The van der Waals surface area contributed by atoms with Crippen molar-refractivity contribution in [3.8, 4) is 5.75 Å². The zero-order chi connectivity index (χ0) is 14.8. The van der Waals surface area contributed by atoms with E-state index in [1.165, 1.54) is 12.1 Å². The van der Waals surface area contributed by atoms with Crippen LogP contribution in [0.3, 0.4) is 0 Å². The monoisotopic (exact) mass is 300 g/mol. The summed E-state index contributed by atoms with van der Waals surface area (Å²) in [6.45, 7) is 0. The first-order chi connectivity index (χ1) is 10.1. The zero-order valence-corrected chi connectivity index (χ0v) is 11.8. The molecule has 5 heteroatoms. The van der Waals surface area contributed by atoms with Crippen molar-refractivity contribution < 1.29 is 9.50 Å². The van der Waals surface area contributed by atoms with Crippen LogP contribution in [0, 0.1) is 5.82 Å². The molecule has 106 valence electrons. The van der Waals surface area contributed by atoms with E-state index in [9.17, 15) is 9.50 Å². The molecule has 0 fully saturated rings. The number of aromatic hydroxyl groups is 1. The average Bonchev–Trinajstić information content (AvgIpc) is 2.48. The summed E-state index contributed by atoms with van der Waals surface area (Å²) in [7, 11) is 0. The maximum Gasteiger partial charge on any atom is 0.171 e. The Hall–Kier alpha value is -2.40. The van der Waals surface area contributed by atoms with Crippen molar-refractivity contribution in [3.63, 3.8) is 0 Å². The summed E-state index contributed by atoms with van der Waals surface area (Å²) < 4.78 is 13.1. The predicted octanol–water partition coefficient (Wildman–Crippen LogP) is 3.09. The van der Waals surface area contributed by atoms with Crippen LogP contribution in [-0.4, -0.2) is 10.2 Å². The van der Waals surface area contributed by atoms with Crippen LogP contribution in [0.5, 0.6) is 5.75 Å². The molecule has 21 heavy (non-hydrogen) atoms. The fourth-order valence-corrected chi connectivity index (χ4v) is 2.51. The number of hydrogen-bond acceptors (Lipinski definition) is 2. The van der Waals surface area contributed by atoms with Gasteiger partial charge in [-0.1, -0.05) is 24.3 Å². The Morgan fingerprint density at radius 2 is 1.86 bits per heavy atom. The van der Waals surface area contributed by atoms with Gasteiger partial charge in [0.1, 0.15) is 11.6 Å². The average molecular weight is 300 g/mol.